The molecule has 0 radical (unpaired) electrons. The molecule has 0 bridgehead atoms. The molecule has 3 aromatic rings. The topological polar surface area (TPSA) is 238 Å². The molecule has 2 heterocycles. The number of sulfonamides is 1. The van der Waals surface area contributed by atoms with Gasteiger partial charge in [-0.1, -0.05) is 6.07 Å². The zero-order valence-electron chi connectivity index (χ0n) is 17.5. The standard InChI is InChI=1S/C17H13F3N8O6S2/c18-17(19,20)16(29)34-12(22)7-35(30,31)11-4-3-10(8-1-2-9(5-21)24-6-8)13(14(11)36(23,32)33)15-25-27-28-26-15/h1-4,6,12H,7,22H2,(H2,23,32,33)(H,25,26,27,28). The molecule has 0 aliphatic rings. The fourth-order valence-corrected chi connectivity index (χ4v) is 5.89. The maximum atomic E-state index is 13.0. The number of pyridine rings is 1. The van der Waals surface area contributed by atoms with E-state index >= 15 is 0 Å². The van der Waals surface area contributed by atoms with Crippen LogP contribution in [0, 0.1) is 11.3 Å². The number of aromatic nitrogens is 5. The minimum atomic E-state index is -5.45. The van der Waals surface area contributed by atoms with Crippen molar-refractivity contribution in [1.82, 2.24) is 25.6 Å². The Morgan fingerprint density at radius 3 is 2.39 bits per heavy atom. The Balaban J connectivity index is 2.22. The molecule has 0 aliphatic heterocycles. The van der Waals surface area contributed by atoms with E-state index in [1.54, 1.807) is 6.07 Å². The van der Waals surface area contributed by atoms with Crippen LogP contribution in [0.1, 0.15) is 5.69 Å². The van der Waals surface area contributed by atoms with E-state index in [2.05, 4.69) is 30.3 Å². The molecule has 3 rings (SSSR count). The summed E-state index contributed by atoms with van der Waals surface area (Å²) in [6.07, 6.45) is -6.57. The number of nitrogens with one attached hydrogen (secondary N) is 1. The molecule has 1 unspecified atom stereocenters. The number of halogens is 3. The lowest BCUT2D eigenvalue weighted by molar-refractivity contribution is -0.203. The molecule has 0 saturated carbocycles. The Hall–Kier alpha value is -3.99. The number of nitrogens with two attached hydrogens (primary N) is 2. The van der Waals surface area contributed by atoms with E-state index in [-0.39, 0.29) is 16.8 Å². The third-order valence-electron chi connectivity index (χ3n) is 4.37. The van der Waals surface area contributed by atoms with Crippen molar-refractivity contribution in [2.45, 2.75) is 22.2 Å². The molecular formula is C17H13F3N8O6S2. The molecule has 0 saturated heterocycles. The normalized spacial score (nSPS) is 13.1. The van der Waals surface area contributed by atoms with E-state index < -0.39 is 65.2 Å². The minimum absolute atomic E-state index is 0.00385. The number of alkyl halides is 3. The van der Waals surface area contributed by atoms with Crippen molar-refractivity contribution in [3.63, 3.8) is 0 Å². The van der Waals surface area contributed by atoms with Crippen LogP contribution in [0.15, 0.2) is 40.3 Å². The van der Waals surface area contributed by atoms with Gasteiger partial charge in [0.2, 0.25) is 15.8 Å². The second-order valence-electron chi connectivity index (χ2n) is 6.86. The summed E-state index contributed by atoms with van der Waals surface area (Å²) in [6.45, 7) is 0. The van der Waals surface area contributed by atoms with E-state index in [0.29, 0.717) is 0 Å². The number of carbonyl (C=O) groups excluding carboxylic acids is 1. The first-order valence-electron chi connectivity index (χ1n) is 9.21. The molecule has 190 valence electrons. The average molecular weight is 546 g/mol. The number of sulfone groups is 1. The highest BCUT2D eigenvalue weighted by Crippen LogP contribution is 2.39. The van der Waals surface area contributed by atoms with Gasteiger partial charge in [-0.2, -0.15) is 23.6 Å². The van der Waals surface area contributed by atoms with Crippen LogP contribution < -0.4 is 10.9 Å². The molecule has 1 atom stereocenters. The van der Waals surface area contributed by atoms with Crippen LogP contribution in [0.3, 0.4) is 0 Å². The van der Waals surface area contributed by atoms with Crippen LogP contribution in [0.4, 0.5) is 13.2 Å². The third-order valence-corrected chi connectivity index (χ3v) is 7.27. The van der Waals surface area contributed by atoms with Gasteiger partial charge in [0.05, 0.1) is 10.5 Å². The van der Waals surface area contributed by atoms with Gasteiger partial charge in [-0.05, 0) is 29.0 Å². The van der Waals surface area contributed by atoms with E-state index in [4.69, 9.17) is 16.1 Å². The Morgan fingerprint density at radius 1 is 1.19 bits per heavy atom. The van der Waals surface area contributed by atoms with Gasteiger partial charge in [-0.15, -0.1) is 10.2 Å². The van der Waals surface area contributed by atoms with E-state index in [1.807, 2.05) is 0 Å². The van der Waals surface area contributed by atoms with Gasteiger partial charge in [-0.3, -0.25) is 5.73 Å². The maximum Gasteiger partial charge on any atom is 0.490 e. The van der Waals surface area contributed by atoms with Crippen molar-refractivity contribution in [1.29, 1.82) is 5.26 Å². The highest BCUT2D eigenvalue weighted by molar-refractivity contribution is 7.93. The summed E-state index contributed by atoms with van der Waals surface area (Å²) in [5, 5.41) is 27.0. The maximum absolute atomic E-state index is 13.0. The smallest absolute Gasteiger partial charge is 0.439 e. The molecule has 36 heavy (non-hydrogen) atoms. The van der Waals surface area contributed by atoms with Crippen molar-refractivity contribution >= 4 is 25.8 Å². The number of nitriles is 1. The highest BCUT2D eigenvalue weighted by Gasteiger charge is 2.43. The minimum Gasteiger partial charge on any atom is -0.439 e. The molecule has 5 N–H and O–H groups in total. The SMILES string of the molecule is N#Cc1ccc(-c2ccc(S(=O)(=O)CC(N)OC(=O)C(F)(F)F)c(S(N)(=O)=O)c2-c2nn[nH]n2)cn1. The number of aromatic amines is 1. The van der Waals surface area contributed by atoms with Crippen molar-refractivity contribution in [2.75, 3.05) is 5.75 Å². The lowest BCUT2D eigenvalue weighted by atomic mass is 10.0. The number of tetrazole rings is 1. The number of ether oxygens (including phenoxy) is 1. The summed E-state index contributed by atoms with van der Waals surface area (Å²) in [4.78, 5) is 12.8. The second kappa shape index (κ2) is 9.57. The number of rotatable bonds is 7. The predicted octanol–water partition coefficient (Wildman–Crippen LogP) is -0.388. The molecule has 14 nitrogen and oxygen atoms in total. The molecule has 0 amide bonds. The van der Waals surface area contributed by atoms with Gasteiger partial charge < -0.3 is 4.74 Å². The third kappa shape index (κ3) is 5.62. The van der Waals surface area contributed by atoms with Gasteiger partial charge in [-0.25, -0.2) is 31.8 Å². The van der Waals surface area contributed by atoms with Crippen LogP contribution in [0.25, 0.3) is 22.5 Å². The largest absolute Gasteiger partial charge is 0.490 e. The monoisotopic (exact) mass is 546 g/mol. The average Bonchev–Trinajstić information content (AvgIpc) is 3.31. The fourth-order valence-electron chi connectivity index (χ4n) is 2.98. The Bertz CT molecular complexity index is 1550. The quantitative estimate of drug-likeness (QED) is 0.254. The summed E-state index contributed by atoms with van der Waals surface area (Å²) < 4.78 is 92.4. The fraction of sp³-hybridized carbons (Fsp3) is 0.176. The molecule has 19 heteroatoms. The summed E-state index contributed by atoms with van der Waals surface area (Å²) in [5.41, 5.74) is 5.03. The first-order valence-corrected chi connectivity index (χ1v) is 12.4. The summed E-state index contributed by atoms with van der Waals surface area (Å²) in [7, 11) is -9.76. The van der Waals surface area contributed by atoms with Crippen molar-refractivity contribution in [3.05, 3.63) is 36.2 Å². The number of nitrogens with zero attached hydrogens (tertiary/aromatic N) is 5. The van der Waals surface area contributed by atoms with Crippen molar-refractivity contribution in [2.24, 2.45) is 10.9 Å². The van der Waals surface area contributed by atoms with Crippen LogP contribution in [0.5, 0.6) is 0 Å². The van der Waals surface area contributed by atoms with Gasteiger partial charge in [0, 0.05) is 11.8 Å². The van der Waals surface area contributed by atoms with Crippen molar-refractivity contribution in [3.8, 4) is 28.6 Å². The zero-order valence-corrected chi connectivity index (χ0v) is 19.1. The van der Waals surface area contributed by atoms with Crippen LogP contribution >= 0.6 is 0 Å². The molecular weight excluding hydrogens is 533 g/mol. The van der Waals surface area contributed by atoms with Crippen molar-refractivity contribution < 1.29 is 39.5 Å². The molecule has 0 aliphatic carbocycles. The van der Waals surface area contributed by atoms with Crippen LogP contribution in [-0.4, -0.2) is 66.6 Å². The zero-order chi connectivity index (χ0) is 26.9. The molecule has 2 aromatic heterocycles. The predicted molar refractivity (Wildman–Crippen MR) is 111 cm³/mol. The Kier molecular flexibility index (Phi) is 7.08. The number of benzene rings is 1. The van der Waals surface area contributed by atoms with E-state index in [9.17, 15) is 34.8 Å². The Labute approximate surface area is 200 Å². The lowest BCUT2D eigenvalue weighted by Crippen LogP contribution is -2.39. The number of hydrogen-bond acceptors (Lipinski definition) is 12. The highest BCUT2D eigenvalue weighted by atomic mass is 32.2. The molecule has 1 aromatic carbocycles. The second-order valence-corrected chi connectivity index (χ2v) is 10.4. The molecule has 0 fully saturated rings. The van der Waals surface area contributed by atoms with Gasteiger partial charge in [0.15, 0.2) is 16.1 Å². The van der Waals surface area contributed by atoms with Gasteiger partial charge in [0.1, 0.15) is 22.4 Å². The van der Waals surface area contributed by atoms with Crippen LogP contribution in [0.2, 0.25) is 0 Å². The summed E-state index contributed by atoms with van der Waals surface area (Å²) in [5.74, 6) is -4.59. The van der Waals surface area contributed by atoms with E-state index in [1.165, 1.54) is 18.3 Å². The first kappa shape index (κ1) is 26.6. The summed E-state index contributed by atoms with van der Waals surface area (Å²) >= 11 is 0. The first-order chi connectivity index (χ1) is 16.6. The van der Waals surface area contributed by atoms with E-state index in [0.717, 1.165) is 12.1 Å². The van der Waals surface area contributed by atoms with Crippen LogP contribution in [-0.2, 0) is 29.4 Å². The Morgan fingerprint density at radius 2 is 1.89 bits per heavy atom. The summed E-state index contributed by atoms with van der Waals surface area (Å²) in [6, 6.07) is 6.40. The number of carbonyl (C=O) groups is 1. The number of esters is 1. The van der Waals surface area contributed by atoms with Gasteiger partial charge >= 0.3 is 12.1 Å². The number of primary sulfonamides is 1. The number of hydrogen-bond donors (Lipinski definition) is 3. The van der Waals surface area contributed by atoms with Gasteiger partial charge in [0.25, 0.3) is 0 Å². The number of H-pyrrole nitrogens is 1. The lowest BCUT2D eigenvalue weighted by Gasteiger charge is -2.18. The molecule has 0 spiro atoms.